The predicted molar refractivity (Wildman–Crippen MR) is 68.2 cm³/mol. The molecule has 1 unspecified atom stereocenters. The Hall–Kier alpha value is -1.07. The minimum atomic E-state index is 0.549. The zero-order valence-electron chi connectivity index (χ0n) is 10.9. The van der Waals surface area contributed by atoms with Crippen LogP contribution in [0, 0.1) is 0 Å². The molecule has 1 N–H and O–H groups in total. The first-order valence-electron chi connectivity index (χ1n) is 6.31. The molecule has 1 aromatic heterocycles. The Labute approximate surface area is 103 Å². The molecule has 5 nitrogen and oxygen atoms in total. The van der Waals surface area contributed by atoms with Crippen molar-refractivity contribution >= 4 is 6.01 Å². The normalized spacial score (nSPS) is 22.1. The zero-order valence-corrected chi connectivity index (χ0v) is 10.9. The first-order valence-corrected chi connectivity index (χ1v) is 6.31. The van der Waals surface area contributed by atoms with E-state index in [9.17, 15) is 0 Å². The fourth-order valence-corrected chi connectivity index (χ4v) is 2.00. The van der Waals surface area contributed by atoms with Gasteiger partial charge in [0.1, 0.15) is 6.26 Å². The lowest BCUT2D eigenvalue weighted by molar-refractivity contribution is 0.229. The van der Waals surface area contributed by atoms with Crippen molar-refractivity contribution in [1.82, 2.24) is 15.2 Å². The Morgan fingerprint density at radius 2 is 2.35 bits per heavy atom. The Morgan fingerprint density at radius 1 is 1.53 bits per heavy atom. The van der Waals surface area contributed by atoms with Gasteiger partial charge in [-0.3, -0.25) is 0 Å². The van der Waals surface area contributed by atoms with Crippen LogP contribution in [-0.4, -0.2) is 49.2 Å². The Kier molecular flexibility index (Phi) is 4.02. The lowest BCUT2D eigenvalue weighted by atomic mass is 10.2. The maximum atomic E-state index is 5.54. The number of oxazole rings is 1. The highest BCUT2D eigenvalue weighted by Gasteiger charge is 2.23. The molecule has 0 radical (unpaired) electrons. The molecule has 1 atom stereocenters. The van der Waals surface area contributed by atoms with Crippen molar-refractivity contribution in [3.8, 4) is 0 Å². The standard InChI is InChI=1S/C12H22N4O/c1-4-13-7-11-9-17-12(14-11)16-6-5-15(3)10(2)8-16/h9-10,13H,4-8H2,1-3H3. The number of nitrogens with one attached hydrogen (secondary N) is 1. The SMILES string of the molecule is CCNCc1coc(N2CCN(C)C(C)C2)n1. The van der Waals surface area contributed by atoms with E-state index in [2.05, 4.69) is 41.0 Å². The van der Waals surface area contributed by atoms with Gasteiger partial charge in [0.2, 0.25) is 0 Å². The maximum absolute atomic E-state index is 5.54. The van der Waals surface area contributed by atoms with Crippen LogP contribution in [0.4, 0.5) is 6.01 Å². The number of hydrogen-bond acceptors (Lipinski definition) is 5. The molecule has 2 rings (SSSR count). The van der Waals surface area contributed by atoms with Crippen LogP contribution in [-0.2, 0) is 6.54 Å². The summed E-state index contributed by atoms with van der Waals surface area (Å²) in [5.41, 5.74) is 0.980. The monoisotopic (exact) mass is 238 g/mol. The van der Waals surface area contributed by atoms with Crippen molar-refractivity contribution < 1.29 is 4.42 Å². The second kappa shape index (κ2) is 5.51. The molecule has 17 heavy (non-hydrogen) atoms. The lowest BCUT2D eigenvalue weighted by Gasteiger charge is -2.36. The number of hydrogen-bond donors (Lipinski definition) is 1. The third kappa shape index (κ3) is 2.98. The van der Waals surface area contributed by atoms with E-state index < -0.39 is 0 Å². The van der Waals surface area contributed by atoms with Gasteiger partial charge < -0.3 is 19.5 Å². The van der Waals surface area contributed by atoms with Crippen molar-refractivity contribution in [2.45, 2.75) is 26.4 Å². The third-order valence-corrected chi connectivity index (χ3v) is 3.33. The fourth-order valence-electron chi connectivity index (χ4n) is 2.00. The van der Waals surface area contributed by atoms with Crippen LogP contribution in [0.3, 0.4) is 0 Å². The number of likely N-dealkylation sites (N-methyl/N-ethyl adjacent to an activating group) is 1. The van der Waals surface area contributed by atoms with Gasteiger partial charge in [-0.05, 0) is 20.5 Å². The molecular formula is C12H22N4O. The summed E-state index contributed by atoms with van der Waals surface area (Å²) in [6.45, 7) is 9.08. The lowest BCUT2D eigenvalue weighted by Crippen LogP contribution is -2.50. The average molecular weight is 238 g/mol. The molecule has 1 fully saturated rings. The number of nitrogens with zero attached hydrogens (tertiary/aromatic N) is 3. The molecule has 1 aliphatic heterocycles. The van der Waals surface area contributed by atoms with Crippen molar-refractivity contribution in [2.24, 2.45) is 0 Å². The third-order valence-electron chi connectivity index (χ3n) is 3.33. The van der Waals surface area contributed by atoms with E-state index in [1.807, 2.05) is 0 Å². The number of piperazine rings is 1. The van der Waals surface area contributed by atoms with Gasteiger partial charge in [-0.25, -0.2) is 0 Å². The molecule has 5 heteroatoms. The van der Waals surface area contributed by atoms with Gasteiger partial charge in [-0.15, -0.1) is 0 Å². The van der Waals surface area contributed by atoms with Crippen LogP contribution >= 0.6 is 0 Å². The van der Waals surface area contributed by atoms with Gasteiger partial charge in [0.25, 0.3) is 6.01 Å². The molecule has 2 heterocycles. The highest BCUT2D eigenvalue weighted by molar-refractivity contribution is 5.28. The van der Waals surface area contributed by atoms with Crippen LogP contribution in [0.15, 0.2) is 10.7 Å². The Bertz CT molecular complexity index is 352. The average Bonchev–Trinajstić information content (AvgIpc) is 2.79. The first kappa shape index (κ1) is 12.4. The van der Waals surface area contributed by atoms with Gasteiger partial charge in [0, 0.05) is 32.2 Å². The summed E-state index contributed by atoms with van der Waals surface area (Å²) < 4.78 is 5.54. The summed E-state index contributed by atoms with van der Waals surface area (Å²) >= 11 is 0. The van der Waals surface area contributed by atoms with E-state index in [0.29, 0.717) is 6.04 Å². The van der Waals surface area contributed by atoms with Crippen molar-refractivity contribution in [2.75, 3.05) is 38.1 Å². The van der Waals surface area contributed by atoms with E-state index >= 15 is 0 Å². The minimum absolute atomic E-state index is 0.549. The van der Waals surface area contributed by atoms with E-state index in [4.69, 9.17) is 4.42 Å². The molecule has 0 spiro atoms. The topological polar surface area (TPSA) is 44.5 Å². The summed E-state index contributed by atoms with van der Waals surface area (Å²) in [5, 5.41) is 3.25. The quantitative estimate of drug-likeness (QED) is 0.845. The van der Waals surface area contributed by atoms with Gasteiger partial charge in [0.05, 0.1) is 5.69 Å². The summed E-state index contributed by atoms with van der Waals surface area (Å²) in [7, 11) is 2.16. The highest BCUT2D eigenvalue weighted by atomic mass is 16.4. The maximum Gasteiger partial charge on any atom is 0.297 e. The van der Waals surface area contributed by atoms with Gasteiger partial charge in [0.15, 0.2) is 0 Å². The molecule has 1 aliphatic rings. The van der Waals surface area contributed by atoms with Crippen LogP contribution < -0.4 is 10.2 Å². The summed E-state index contributed by atoms with van der Waals surface area (Å²) in [5.74, 6) is 0. The van der Waals surface area contributed by atoms with E-state index in [1.54, 1.807) is 6.26 Å². The van der Waals surface area contributed by atoms with Crippen LogP contribution in [0.25, 0.3) is 0 Å². The van der Waals surface area contributed by atoms with Gasteiger partial charge in [-0.1, -0.05) is 6.92 Å². The second-order valence-electron chi connectivity index (χ2n) is 4.68. The van der Waals surface area contributed by atoms with E-state index in [0.717, 1.165) is 44.4 Å². The summed E-state index contributed by atoms with van der Waals surface area (Å²) in [6.07, 6.45) is 1.75. The number of rotatable bonds is 4. The summed E-state index contributed by atoms with van der Waals surface area (Å²) in [4.78, 5) is 9.09. The van der Waals surface area contributed by atoms with Crippen LogP contribution in [0.2, 0.25) is 0 Å². The minimum Gasteiger partial charge on any atom is -0.432 e. The predicted octanol–water partition coefficient (Wildman–Crippen LogP) is 0.924. The molecule has 96 valence electrons. The highest BCUT2D eigenvalue weighted by Crippen LogP contribution is 2.17. The largest absolute Gasteiger partial charge is 0.432 e. The van der Waals surface area contributed by atoms with Gasteiger partial charge >= 0.3 is 0 Å². The summed E-state index contributed by atoms with van der Waals surface area (Å²) in [6, 6.07) is 1.31. The smallest absolute Gasteiger partial charge is 0.297 e. The second-order valence-corrected chi connectivity index (χ2v) is 4.68. The molecule has 1 aromatic rings. The van der Waals surface area contributed by atoms with Crippen LogP contribution in [0.5, 0.6) is 0 Å². The van der Waals surface area contributed by atoms with Crippen LogP contribution in [0.1, 0.15) is 19.5 Å². The number of aromatic nitrogens is 1. The zero-order chi connectivity index (χ0) is 12.3. The molecule has 0 aromatic carbocycles. The Balaban J connectivity index is 1.95. The molecule has 0 saturated carbocycles. The molecule has 0 bridgehead atoms. The van der Waals surface area contributed by atoms with Gasteiger partial charge in [-0.2, -0.15) is 4.98 Å². The molecule has 0 amide bonds. The first-order chi connectivity index (χ1) is 8.20. The van der Waals surface area contributed by atoms with E-state index in [-0.39, 0.29) is 0 Å². The van der Waals surface area contributed by atoms with Crippen molar-refractivity contribution in [3.05, 3.63) is 12.0 Å². The van der Waals surface area contributed by atoms with E-state index in [1.165, 1.54) is 0 Å². The molecular weight excluding hydrogens is 216 g/mol. The van der Waals surface area contributed by atoms with Crippen molar-refractivity contribution in [1.29, 1.82) is 0 Å². The molecule has 0 aliphatic carbocycles. The van der Waals surface area contributed by atoms with Crippen molar-refractivity contribution in [3.63, 3.8) is 0 Å². The number of anilines is 1. The Morgan fingerprint density at radius 3 is 3.06 bits per heavy atom. The molecule has 1 saturated heterocycles. The fraction of sp³-hybridized carbons (Fsp3) is 0.750.